The molecule has 24 heavy (non-hydrogen) atoms. The number of fused-ring (bicyclic) bond motifs is 1. The molecule has 2 aromatic heterocycles. The molecule has 0 bridgehead atoms. The molecule has 1 aliphatic heterocycles. The van der Waals surface area contributed by atoms with Gasteiger partial charge in [0.05, 0.1) is 16.6 Å². The number of amides is 1. The van der Waals surface area contributed by atoms with E-state index in [-0.39, 0.29) is 5.91 Å². The predicted molar refractivity (Wildman–Crippen MR) is 98.7 cm³/mol. The second kappa shape index (κ2) is 6.24. The molecule has 0 saturated heterocycles. The Morgan fingerprint density at radius 3 is 2.88 bits per heavy atom. The average molecular weight is 382 g/mol. The van der Waals surface area contributed by atoms with Crippen molar-refractivity contribution in [2.75, 3.05) is 13.1 Å². The van der Waals surface area contributed by atoms with Gasteiger partial charge in [-0.25, -0.2) is 0 Å². The summed E-state index contributed by atoms with van der Waals surface area (Å²) in [4.78, 5) is 22.3. The molecule has 1 amide bonds. The van der Waals surface area contributed by atoms with E-state index in [1.54, 1.807) is 0 Å². The first-order valence-electron chi connectivity index (χ1n) is 7.89. The molecule has 0 atom stereocenters. The number of benzene rings is 1. The largest absolute Gasteiger partial charge is 0.359 e. The van der Waals surface area contributed by atoms with E-state index in [1.807, 2.05) is 53.7 Å². The van der Waals surface area contributed by atoms with E-state index in [2.05, 4.69) is 32.0 Å². The Hall–Kier alpha value is -2.40. The molecule has 1 aliphatic rings. The Morgan fingerprint density at radius 1 is 1.21 bits per heavy atom. The summed E-state index contributed by atoms with van der Waals surface area (Å²) in [6.45, 7) is 1.33. The zero-order valence-electron chi connectivity index (χ0n) is 13.0. The van der Waals surface area contributed by atoms with Crippen LogP contribution in [0.15, 0.2) is 59.3 Å². The van der Waals surface area contributed by atoms with E-state index < -0.39 is 0 Å². The van der Waals surface area contributed by atoms with Crippen molar-refractivity contribution in [2.45, 2.75) is 6.42 Å². The lowest BCUT2D eigenvalue weighted by Crippen LogP contribution is -2.34. The van der Waals surface area contributed by atoms with Crippen LogP contribution in [0.4, 0.5) is 0 Å². The first-order chi connectivity index (χ1) is 11.7. The summed E-state index contributed by atoms with van der Waals surface area (Å²) in [5, 5.41) is 0. The van der Waals surface area contributed by atoms with Crippen molar-refractivity contribution < 1.29 is 4.79 Å². The third kappa shape index (κ3) is 2.65. The van der Waals surface area contributed by atoms with Gasteiger partial charge in [-0.05, 0) is 52.2 Å². The maximum absolute atomic E-state index is 12.7. The highest BCUT2D eigenvalue weighted by atomic mass is 79.9. The van der Waals surface area contributed by atoms with Gasteiger partial charge < -0.3 is 9.88 Å². The number of halogens is 1. The van der Waals surface area contributed by atoms with E-state index in [4.69, 9.17) is 0 Å². The molecule has 0 radical (unpaired) electrons. The van der Waals surface area contributed by atoms with Gasteiger partial charge in [-0.1, -0.05) is 18.2 Å². The van der Waals surface area contributed by atoms with E-state index in [0.29, 0.717) is 18.7 Å². The van der Waals surface area contributed by atoms with Crippen LogP contribution in [0.5, 0.6) is 0 Å². The van der Waals surface area contributed by atoms with Gasteiger partial charge in [0.1, 0.15) is 0 Å². The minimum atomic E-state index is 0.0647. The minimum Gasteiger partial charge on any atom is -0.359 e. The quantitative estimate of drug-likeness (QED) is 0.720. The fraction of sp³-hybridized carbons (Fsp3) is 0.158. The zero-order valence-corrected chi connectivity index (χ0v) is 14.6. The number of hydrogen-bond acceptors (Lipinski definition) is 2. The average Bonchev–Trinajstić information content (AvgIpc) is 3.06. The first kappa shape index (κ1) is 15.1. The summed E-state index contributed by atoms with van der Waals surface area (Å²) in [7, 11) is 0. The van der Waals surface area contributed by atoms with Crippen molar-refractivity contribution in [3.8, 4) is 0 Å². The monoisotopic (exact) mass is 381 g/mol. The van der Waals surface area contributed by atoms with Crippen LogP contribution in [0.3, 0.4) is 0 Å². The van der Waals surface area contributed by atoms with Gasteiger partial charge in [0.15, 0.2) is 0 Å². The predicted octanol–water partition coefficient (Wildman–Crippen LogP) is 4.25. The Kier molecular flexibility index (Phi) is 3.94. The number of pyridine rings is 1. The van der Waals surface area contributed by atoms with E-state index in [1.165, 1.54) is 5.57 Å². The third-order valence-electron chi connectivity index (χ3n) is 4.38. The van der Waals surface area contributed by atoms with Crippen LogP contribution in [0.1, 0.15) is 22.3 Å². The SMILES string of the molecule is O=C(c1ccccc1Br)N1CC=C(c2c[nH]c3cccnc23)CC1. The molecule has 0 unspecified atom stereocenters. The molecule has 5 heteroatoms. The number of carbonyl (C=O) groups excluding carboxylic acids is 1. The first-order valence-corrected chi connectivity index (χ1v) is 8.68. The van der Waals surface area contributed by atoms with Gasteiger partial charge in [-0.15, -0.1) is 0 Å². The van der Waals surface area contributed by atoms with Gasteiger partial charge >= 0.3 is 0 Å². The number of aromatic nitrogens is 2. The standard InChI is InChI=1S/C19H16BrN3O/c20-16-5-2-1-4-14(16)19(24)23-10-7-13(8-11-23)15-12-22-17-6-3-9-21-18(15)17/h1-7,9,12,22H,8,10-11H2. The molecule has 0 spiro atoms. The second-order valence-electron chi connectivity index (χ2n) is 5.81. The lowest BCUT2D eigenvalue weighted by molar-refractivity contribution is 0.0772. The van der Waals surface area contributed by atoms with Crippen LogP contribution in [0, 0.1) is 0 Å². The number of carbonyl (C=O) groups is 1. The normalized spacial score (nSPS) is 14.7. The Labute approximate surface area is 148 Å². The van der Waals surface area contributed by atoms with Crippen molar-refractivity contribution in [3.63, 3.8) is 0 Å². The highest BCUT2D eigenvalue weighted by Gasteiger charge is 2.21. The molecule has 0 fully saturated rings. The van der Waals surface area contributed by atoms with Crippen LogP contribution in [0.2, 0.25) is 0 Å². The molecule has 3 heterocycles. The lowest BCUT2D eigenvalue weighted by atomic mass is 10.0. The van der Waals surface area contributed by atoms with Crippen molar-refractivity contribution in [1.82, 2.24) is 14.9 Å². The molecule has 0 aliphatic carbocycles. The molecule has 3 aromatic rings. The number of nitrogens with one attached hydrogen (secondary N) is 1. The molecule has 120 valence electrons. The number of nitrogens with zero attached hydrogens (tertiary/aromatic N) is 2. The van der Waals surface area contributed by atoms with Gasteiger partial charge in [-0.3, -0.25) is 9.78 Å². The highest BCUT2D eigenvalue weighted by molar-refractivity contribution is 9.10. The summed E-state index contributed by atoms with van der Waals surface area (Å²) in [6, 6.07) is 11.5. The van der Waals surface area contributed by atoms with Crippen LogP contribution in [-0.2, 0) is 0 Å². The second-order valence-corrected chi connectivity index (χ2v) is 6.67. The molecule has 1 aromatic carbocycles. The number of rotatable bonds is 2. The van der Waals surface area contributed by atoms with Crippen LogP contribution < -0.4 is 0 Å². The van der Waals surface area contributed by atoms with Crippen LogP contribution in [0.25, 0.3) is 16.6 Å². The third-order valence-corrected chi connectivity index (χ3v) is 5.07. The van der Waals surface area contributed by atoms with Crippen molar-refractivity contribution in [3.05, 3.63) is 70.5 Å². The lowest BCUT2D eigenvalue weighted by Gasteiger charge is -2.26. The number of H-pyrrole nitrogens is 1. The maximum Gasteiger partial charge on any atom is 0.255 e. The van der Waals surface area contributed by atoms with Gasteiger partial charge in [0.2, 0.25) is 0 Å². The van der Waals surface area contributed by atoms with E-state index >= 15 is 0 Å². The van der Waals surface area contributed by atoms with E-state index in [9.17, 15) is 4.79 Å². The molecule has 4 nitrogen and oxygen atoms in total. The summed E-state index contributed by atoms with van der Waals surface area (Å²) >= 11 is 3.46. The molecular weight excluding hydrogens is 366 g/mol. The van der Waals surface area contributed by atoms with Crippen LogP contribution in [-0.4, -0.2) is 33.9 Å². The van der Waals surface area contributed by atoms with Gasteiger partial charge in [0, 0.05) is 35.5 Å². The number of hydrogen-bond donors (Lipinski definition) is 1. The Bertz CT molecular complexity index is 944. The summed E-state index contributed by atoms with van der Waals surface area (Å²) < 4.78 is 0.839. The molecule has 4 rings (SSSR count). The van der Waals surface area contributed by atoms with Crippen molar-refractivity contribution in [2.24, 2.45) is 0 Å². The van der Waals surface area contributed by atoms with Crippen LogP contribution >= 0.6 is 15.9 Å². The summed E-state index contributed by atoms with van der Waals surface area (Å²) in [5.74, 6) is 0.0647. The van der Waals surface area contributed by atoms with Crippen molar-refractivity contribution >= 4 is 38.4 Å². The zero-order chi connectivity index (χ0) is 16.5. The molecule has 0 saturated carbocycles. The fourth-order valence-electron chi connectivity index (χ4n) is 3.10. The number of aromatic amines is 1. The molecule has 1 N–H and O–H groups in total. The maximum atomic E-state index is 12.7. The smallest absolute Gasteiger partial charge is 0.255 e. The highest BCUT2D eigenvalue weighted by Crippen LogP contribution is 2.28. The minimum absolute atomic E-state index is 0.0647. The van der Waals surface area contributed by atoms with Gasteiger partial charge in [-0.2, -0.15) is 0 Å². The van der Waals surface area contributed by atoms with Gasteiger partial charge in [0.25, 0.3) is 5.91 Å². The summed E-state index contributed by atoms with van der Waals surface area (Å²) in [5.41, 5.74) is 5.13. The Balaban J connectivity index is 1.57. The van der Waals surface area contributed by atoms with E-state index in [0.717, 1.165) is 27.5 Å². The Morgan fingerprint density at radius 2 is 2.08 bits per heavy atom. The topological polar surface area (TPSA) is 49.0 Å². The fourth-order valence-corrected chi connectivity index (χ4v) is 3.56. The summed E-state index contributed by atoms with van der Waals surface area (Å²) in [6.07, 6.45) is 6.79. The van der Waals surface area contributed by atoms with Crippen molar-refractivity contribution in [1.29, 1.82) is 0 Å². The molecular formula is C19H16BrN3O.